The van der Waals surface area contributed by atoms with Crippen molar-refractivity contribution in [3.63, 3.8) is 0 Å². The number of carbonyl (C=O) groups is 2. The molecule has 0 aliphatic heterocycles. The highest BCUT2D eigenvalue weighted by molar-refractivity contribution is 9.10. The Labute approximate surface area is 139 Å². The summed E-state index contributed by atoms with van der Waals surface area (Å²) in [6.45, 7) is -0.256. The van der Waals surface area contributed by atoms with Crippen LogP contribution in [0.2, 0.25) is 5.02 Å². The van der Waals surface area contributed by atoms with Gasteiger partial charge in [0, 0.05) is 17.4 Å². The van der Waals surface area contributed by atoms with Crippen molar-refractivity contribution in [3.8, 4) is 5.75 Å². The lowest BCUT2D eigenvalue weighted by Crippen LogP contribution is -2.43. The van der Waals surface area contributed by atoms with E-state index in [4.69, 9.17) is 16.3 Å². The zero-order chi connectivity index (χ0) is 15.9. The van der Waals surface area contributed by atoms with Crippen molar-refractivity contribution in [2.24, 2.45) is 0 Å². The van der Waals surface area contributed by atoms with Crippen molar-refractivity contribution in [1.29, 1.82) is 0 Å². The third-order valence-electron chi connectivity index (χ3n) is 2.49. The summed E-state index contributed by atoms with van der Waals surface area (Å²) in [4.78, 5) is 27.1. The van der Waals surface area contributed by atoms with Gasteiger partial charge >= 0.3 is 0 Å². The zero-order valence-corrected chi connectivity index (χ0v) is 13.5. The van der Waals surface area contributed by atoms with E-state index < -0.39 is 11.8 Å². The van der Waals surface area contributed by atoms with Crippen molar-refractivity contribution in [3.05, 3.63) is 57.8 Å². The molecule has 1 aromatic heterocycles. The van der Waals surface area contributed by atoms with E-state index >= 15 is 0 Å². The molecule has 6 nitrogen and oxygen atoms in total. The van der Waals surface area contributed by atoms with Gasteiger partial charge in [0.25, 0.3) is 11.8 Å². The molecule has 2 amide bonds. The summed E-state index contributed by atoms with van der Waals surface area (Å²) in [6, 6.07) is 8.13. The van der Waals surface area contributed by atoms with Crippen LogP contribution in [-0.4, -0.2) is 23.4 Å². The third-order valence-corrected chi connectivity index (χ3v) is 3.35. The number of hydrogen-bond donors (Lipinski definition) is 2. The summed E-state index contributed by atoms with van der Waals surface area (Å²) in [5, 5.41) is 0.549. The van der Waals surface area contributed by atoms with E-state index in [1.165, 1.54) is 6.20 Å². The quantitative estimate of drug-likeness (QED) is 0.793. The van der Waals surface area contributed by atoms with Gasteiger partial charge in [-0.05, 0) is 46.3 Å². The molecule has 0 saturated carbocycles. The Hall–Kier alpha value is -2.12. The highest BCUT2D eigenvalue weighted by atomic mass is 79.9. The molecule has 0 unspecified atom stereocenters. The Bertz CT molecular complexity index is 682. The summed E-state index contributed by atoms with van der Waals surface area (Å²) >= 11 is 9.08. The molecular weight excluding hydrogens is 374 g/mol. The van der Waals surface area contributed by atoms with Gasteiger partial charge in [0.15, 0.2) is 6.61 Å². The number of nitrogens with one attached hydrogen (secondary N) is 2. The molecule has 0 saturated heterocycles. The van der Waals surface area contributed by atoms with Gasteiger partial charge in [0.2, 0.25) is 0 Å². The molecule has 22 heavy (non-hydrogen) atoms. The average Bonchev–Trinajstić information content (AvgIpc) is 2.52. The number of ether oxygens (including phenoxy) is 1. The summed E-state index contributed by atoms with van der Waals surface area (Å²) in [5.41, 5.74) is 4.85. The molecule has 2 aromatic rings. The van der Waals surface area contributed by atoms with Gasteiger partial charge < -0.3 is 4.74 Å². The average molecular weight is 385 g/mol. The van der Waals surface area contributed by atoms with Crippen molar-refractivity contribution < 1.29 is 14.3 Å². The highest BCUT2D eigenvalue weighted by Crippen LogP contribution is 2.27. The number of benzene rings is 1. The number of hydrogen-bond acceptors (Lipinski definition) is 4. The minimum Gasteiger partial charge on any atom is -0.483 e. The van der Waals surface area contributed by atoms with Gasteiger partial charge in [0.05, 0.1) is 10.0 Å². The number of hydrazine groups is 1. The van der Waals surface area contributed by atoms with Gasteiger partial charge in [-0.2, -0.15) is 0 Å². The minimum absolute atomic E-state index is 0.256. The third kappa shape index (κ3) is 4.71. The molecule has 114 valence electrons. The van der Waals surface area contributed by atoms with Crippen LogP contribution >= 0.6 is 27.5 Å². The van der Waals surface area contributed by atoms with Crippen LogP contribution in [0.3, 0.4) is 0 Å². The first-order valence-electron chi connectivity index (χ1n) is 6.13. The van der Waals surface area contributed by atoms with E-state index in [1.54, 1.807) is 36.5 Å². The molecule has 0 aliphatic carbocycles. The standard InChI is InChI=1S/C14H11BrClN3O3/c15-11-6-10(16)3-4-12(11)22-8-13(20)18-19-14(21)9-2-1-5-17-7-9/h1-7H,8H2,(H,18,20)(H,19,21). The van der Waals surface area contributed by atoms with Gasteiger partial charge in [-0.15, -0.1) is 0 Å². The fourth-order valence-corrected chi connectivity index (χ4v) is 2.26. The van der Waals surface area contributed by atoms with Crippen LogP contribution in [0, 0.1) is 0 Å². The van der Waals surface area contributed by atoms with Crippen LogP contribution in [0.4, 0.5) is 0 Å². The Kier molecular flexibility index (Phi) is 5.74. The van der Waals surface area contributed by atoms with Gasteiger partial charge in [0.1, 0.15) is 5.75 Å². The van der Waals surface area contributed by atoms with Crippen LogP contribution in [-0.2, 0) is 4.79 Å². The first-order valence-corrected chi connectivity index (χ1v) is 7.30. The van der Waals surface area contributed by atoms with Crippen LogP contribution in [0.25, 0.3) is 0 Å². The second kappa shape index (κ2) is 7.77. The molecule has 1 heterocycles. The minimum atomic E-state index is -0.501. The lowest BCUT2D eigenvalue weighted by atomic mass is 10.3. The van der Waals surface area contributed by atoms with E-state index in [0.29, 0.717) is 20.8 Å². The van der Waals surface area contributed by atoms with Crippen LogP contribution < -0.4 is 15.6 Å². The van der Waals surface area contributed by atoms with Gasteiger partial charge in [-0.3, -0.25) is 25.4 Å². The number of pyridine rings is 1. The van der Waals surface area contributed by atoms with Crippen molar-refractivity contribution in [2.75, 3.05) is 6.61 Å². The molecule has 0 bridgehead atoms. The number of rotatable bonds is 4. The number of nitrogens with zero attached hydrogens (tertiary/aromatic N) is 1. The maximum atomic E-state index is 11.7. The molecular formula is C14H11BrClN3O3. The molecule has 2 rings (SSSR count). The van der Waals surface area contributed by atoms with E-state index in [-0.39, 0.29) is 6.61 Å². The first-order chi connectivity index (χ1) is 10.6. The lowest BCUT2D eigenvalue weighted by Gasteiger charge is -2.10. The molecule has 0 radical (unpaired) electrons. The monoisotopic (exact) mass is 383 g/mol. The van der Waals surface area contributed by atoms with Crippen molar-refractivity contribution in [2.45, 2.75) is 0 Å². The fourth-order valence-electron chi connectivity index (χ4n) is 1.47. The first kappa shape index (κ1) is 16.3. The summed E-state index contributed by atoms with van der Waals surface area (Å²) < 4.78 is 5.94. The zero-order valence-electron chi connectivity index (χ0n) is 11.2. The summed E-state index contributed by atoms with van der Waals surface area (Å²) in [7, 11) is 0. The molecule has 0 atom stereocenters. The van der Waals surface area contributed by atoms with E-state index in [0.717, 1.165) is 0 Å². The summed E-state index contributed by atoms with van der Waals surface area (Å²) in [5.74, 6) is -0.494. The van der Waals surface area contributed by atoms with Gasteiger partial charge in [-0.25, -0.2) is 0 Å². The Morgan fingerprint density at radius 3 is 2.77 bits per heavy atom. The molecule has 0 aliphatic rings. The Morgan fingerprint density at radius 1 is 1.27 bits per heavy atom. The normalized spacial score (nSPS) is 9.91. The molecule has 1 aromatic carbocycles. The summed E-state index contributed by atoms with van der Waals surface area (Å²) in [6.07, 6.45) is 2.94. The maximum absolute atomic E-state index is 11.7. The molecule has 2 N–H and O–H groups in total. The molecule has 0 fully saturated rings. The number of carbonyl (C=O) groups excluding carboxylic acids is 2. The Balaban J connectivity index is 1.80. The van der Waals surface area contributed by atoms with E-state index in [1.807, 2.05) is 0 Å². The predicted molar refractivity (Wildman–Crippen MR) is 84.5 cm³/mol. The van der Waals surface area contributed by atoms with Crippen molar-refractivity contribution >= 4 is 39.3 Å². The largest absolute Gasteiger partial charge is 0.483 e. The second-order valence-electron chi connectivity index (χ2n) is 4.11. The number of aromatic nitrogens is 1. The van der Waals surface area contributed by atoms with Gasteiger partial charge in [-0.1, -0.05) is 11.6 Å². The lowest BCUT2D eigenvalue weighted by molar-refractivity contribution is -0.123. The van der Waals surface area contributed by atoms with Crippen LogP contribution in [0.5, 0.6) is 5.75 Å². The van der Waals surface area contributed by atoms with Crippen LogP contribution in [0.15, 0.2) is 47.2 Å². The SMILES string of the molecule is O=C(COc1ccc(Cl)cc1Br)NNC(=O)c1cccnc1. The second-order valence-corrected chi connectivity index (χ2v) is 5.40. The van der Waals surface area contributed by atoms with Crippen LogP contribution in [0.1, 0.15) is 10.4 Å². The van der Waals surface area contributed by atoms with E-state index in [9.17, 15) is 9.59 Å². The molecule has 0 spiro atoms. The number of amides is 2. The maximum Gasteiger partial charge on any atom is 0.276 e. The smallest absolute Gasteiger partial charge is 0.276 e. The topological polar surface area (TPSA) is 80.3 Å². The fraction of sp³-hybridized carbons (Fsp3) is 0.0714. The Morgan fingerprint density at radius 2 is 2.09 bits per heavy atom. The molecule has 8 heteroatoms. The predicted octanol–water partition coefficient (Wildman–Crippen LogP) is 2.34. The van der Waals surface area contributed by atoms with E-state index in [2.05, 4.69) is 31.8 Å². The number of halogens is 2. The van der Waals surface area contributed by atoms with Crippen molar-refractivity contribution in [1.82, 2.24) is 15.8 Å². The highest BCUT2D eigenvalue weighted by Gasteiger charge is 2.09.